The fourth-order valence-corrected chi connectivity index (χ4v) is 3.22. The molecule has 26 heavy (non-hydrogen) atoms. The van der Waals surface area contributed by atoms with Crippen LogP contribution in [0.25, 0.3) is 0 Å². The van der Waals surface area contributed by atoms with Crippen LogP contribution in [0.2, 0.25) is 0 Å². The van der Waals surface area contributed by atoms with E-state index in [2.05, 4.69) is 0 Å². The lowest BCUT2D eigenvalue weighted by atomic mass is 10.1. The number of nitrogens with zero attached hydrogens (tertiary/aromatic N) is 1. The zero-order chi connectivity index (χ0) is 18.4. The predicted octanol–water partition coefficient (Wildman–Crippen LogP) is 2.42. The Morgan fingerprint density at radius 3 is 2.58 bits per heavy atom. The molecule has 0 saturated carbocycles. The van der Waals surface area contributed by atoms with Gasteiger partial charge in [0, 0.05) is 12.1 Å². The number of amides is 1. The molecule has 2 aromatic rings. The first-order valence-electron chi connectivity index (χ1n) is 8.99. The summed E-state index contributed by atoms with van der Waals surface area (Å²) in [4.78, 5) is 14.5. The maximum atomic E-state index is 12.8. The number of hydrogen-bond acceptors (Lipinski definition) is 4. The number of rotatable bonds is 7. The van der Waals surface area contributed by atoms with Crippen molar-refractivity contribution in [2.75, 3.05) is 19.8 Å². The van der Waals surface area contributed by atoms with Gasteiger partial charge >= 0.3 is 0 Å². The Morgan fingerprint density at radius 1 is 1.15 bits per heavy atom. The smallest absolute Gasteiger partial charge is 0.227 e. The first kappa shape index (κ1) is 18.4. The van der Waals surface area contributed by atoms with E-state index >= 15 is 0 Å². The Balaban J connectivity index is 1.68. The summed E-state index contributed by atoms with van der Waals surface area (Å²) in [7, 11) is 0. The molecule has 0 bridgehead atoms. The molecule has 2 atom stereocenters. The van der Waals surface area contributed by atoms with Crippen LogP contribution in [0.4, 0.5) is 0 Å². The summed E-state index contributed by atoms with van der Waals surface area (Å²) in [6.45, 7) is 3.58. The summed E-state index contributed by atoms with van der Waals surface area (Å²) < 4.78 is 11.2. The quantitative estimate of drug-likeness (QED) is 0.829. The summed E-state index contributed by atoms with van der Waals surface area (Å²) in [5, 5.41) is 10.0. The van der Waals surface area contributed by atoms with E-state index in [1.165, 1.54) is 0 Å². The van der Waals surface area contributed by atoms with Crippen LogP contribution in [0.15, 0.2) is 54.6 Å². The van der Waals surface area contributed by atoms with Gasteiger partial charge in [-0.25, -0.2) is 0 Å². The molecule has 1 fully saturated rings. The number of aliphatic hydroxyl groups excluding tert-OH is 1. The molecule has 2 aromatic carbocycles. The minimum absolute atomic E-state index is 0.0298. The van der Waals surface area contributed by atoms with Crippen molar-refractivity contribution in [3.05, 3.63) is 65.7 Å². The third kappa shape index (κ3) is 4.42. The van der Waals surface area contributed by atoms with E-state index in [0.717, 1.165) is 11.1 Å². The van der Waals surface area contributed by atoms with E-state index in [-0.39, 0.29) is 25.0 Å². The van der Waals surface area contributed by atoms with E-state index in [4.69, 9.17) is 9.47 Å². The molecule has 3 rings (SSSR count). The van der Waals surface area contributed by atoms with Crippen LogP contribution in [0.3, 0.4) is 0 Å². The molecule has 5 nitrogen and oxygen atoms in total. The number of likely N-dealkylation sites (N-methyl/N-ethyl adjacent to an activating group) is 1. The molecule has 138 valence electrons. The van der Waals surface area contributed by atoms with Crippen molar-refractivity contribution in [3.8, 4) is 5.75 Å². The predicted molar refractivity (Wildman–Crippen MR) is 98.9 cm³/mol. The second kappa shape index (κ2) is 8.83. The van der Waals surface area contributed by atoms with Gasteiger partial charge in [-0.15, -0.1) is 0 Å². The topological polar surface area (TPSA) is 59.0 Å². The van der Waals surface area contributed by atoms with E-state index in [1.807, 2.05) is 61.5 Å². The number of carbonyl (C=O) groups excluding carboxylic acids is 1. The lowest BCUT2D eigenvalue weighted by Crippen LogP contribution is -2.47. The summed E-state index contributed by atoms with van der Waals surface area (Å²) in [5.74, 6) is 0.682. The molecule has 1 aliphatic heterocycles. The highest BCUT2D eigenvalue weighted by Crippen LogP contribution is 2.22. The van der Waals surface area contributed by atoms with Crippen molar-refractivity contribution >= 4 is 5.91 Å². The number of para-hydroxylation sites is 1. The average Bonchev–Trinajstić information content (AvgIpc) is 3.08. The van der Waals surface area contributed by atoms with E-state index < -0.39 is 6.10 Å². The van der Waals surface area contributed by atoms with Crippen LogP contribution in [0.1, 0.15) is 18.1 Å². The van der Waals surface area contributed by atoms with Gasteiger partial charge in [-0.1, -0.05) is 48.5 Å². The average molecular weight is 355 g/mol. The fourth-order valence-electron chi connectivity index (χ4n) is 3.22. The number of benzene rings is 2. The first-order valence-corrected chi connectivity index (χ1v) is 8.99. The van der Waals surface area contributed by atoms with E-state index in [9.17, 15) is 9.90 Å². The Bertz CT molecular complexity index is 719. The van der Waals surface area contributed by atoms with Gasteiger partial charge in [-0.05, 0) is 18.6 Å². The fraction of sp³-hybridized carbons (Fsp3) is 0.381. The largest absolute Gasteiger partial charge is 0.489 e. The minimum Gasteiger partial charge on any atom is -0.489 e. The molecule has 1 N–H and O–H groups in total. The molecule has 0 aliphatic carbocycles. The van der Waals surface area contributed by atoms with Crippen LogP contribution in [-0.4, -0.2) is 47.8 Å². The van der Waals surface area contributed by atoms with Crippen LogP contribution in [0, 0.1) is 0 Å². The SMILES string of the molecule is CCN(C(=O)Cc1ccccc1OCc1ccccc1)[C@@H]1COC[C@H]1O. The van der Waals surface area contributed by atoms with Crippen molar-refractivity contribution in [1.29, 1.82) is 0 Å². The Labute approximate surface area is 154 Å². The molecule has 1 heterocycles. The van der Waals surface area contributed by atoms with Crippen LogP contribution < -0.4 is 4.74 Å². The highest BCUT2D eigenvalue weighted by molar-refractivity contribution is 5.80. The third-order valence-electron chi connectivity index (χ3n) is 4.63. The van der Waals surface area contributed by atoms with Crippen LogP contribution in [-0.2, 0) is 22.6 Å². The van der Waals surface area contributed by atoms with E-state index in [0.29, 0.717) is 25.5 Å². The summed E-state index contributed by atoms with van der Waals surface area (Å²) in [6.07, 6.45) is -0.384. The number of ether oxygens (including phenoxy) is 2. The highest BCUT2D eigenvalue weighted by atomic mass is 16.5. The zero-order valence-corrected chi connectivity index (χ0v) is 15.0. The van der Waals surface area contributed by atoms with Gasteiger partial charge in [0.15, 0.2) is 0 Å². The summed E-state index contributed by atoms with van der Waals surface area (Å²) >= 11 is 0. The van der Waals surface area contributed by atoms with Gasteiger partial charge in [-0.3, -0.25) is 4.79 Å². The molecular weight excluding hydrogens is 330 g/mol. The van der Waals surface area contributed by atoms with Gasteiger partial charge in [0.2, 0.25) is 5.91 Å². The third-order valence-corrected chi connectivity index (χ3v) is 4.63. The monoisotopic (exact) mass is 355 g/mol. The second-order valence-electron chi connectivity index (χ2n) is 6.41. The molecule has 1 saturated heterocycles. The Morgan fingerprint density at radius 2 is 1.88 bits per heavy atom. The lowest BCUT2D eigenvalue weighted by Gasteiger charge is -2.29. The van der Waals surface area contributed by atoms with Gasteiger partial charge < -0.3 is 19.5 Å². The molecule has 1 amide bonds. The van der Waals surface area contributed by atoms with Crippen molar-refractivity contribution in [1.82, 2.24) is 4.90 Å². The minimum atomic E-state index is -0.622. The summed E-state index contributed by atoms with van der Waals surface area (Å²) in [6, 6.07) is 17.3. The maximum Gasteiger partial charge on any atom is 0.227 e. The number of carbonyl (C=O) groups is 1. The lowest BCUT2D eigenvalue weighted by molar-refractivity contribution is -0.134. The maximum absolute atomic E-state index is 12.8. The molecule has 1 aliphatic rings. The van der Waals surface area contributed by atoms with Gasteiger partial charge in [0.05, 0.1) is 31.8 Å². The van der Waals surface area contributed by atoms with Crippen LogP contribution >= 0.6 is 0 Å². The van der Waals surface area contributed by atoms with Crippen LogP contribution in [0.5, 0.6) is 5.75 Å². The van der Waals surface area contributed by atoms with Gasteiger partial charge in [0.25, 0.3) is 0 Å². The highest BCUT2D eigenvalue weighted by Gasteiger charge is 2.33. The van der Waals surface area contributed by atoms with Crippen molar-refractivity contribution in [2.24, 2.45) is 0 Å². The second-order valence-corrected chi connectivity index (χ2v) is 6.41. The Kier molecular flexibility index (Phi) is 6.26. The van der Waals surface area contributed by atoms with Gasteiger partial charge in [0.1, 0.15) is 12.4 Å². The van der Waals surface area contributed by atoms with Crippen molar-refractivity contribution in [2.45, 2.75) is 32.1 Å². The van der Waals surface area contributed by atoms with Gasteiger partial charge in [-0.2, -0.15) is 0 Å². The molecule has 0 radical (unpaired) electrons. The van der Waals surface area contributed by atoms with Crippen molar-refractivity contribution in [3.63, 3.8) is 0 Å². The molecule has 0 spiro atoms. The van der Waals surface area contributed by atoms with Crippen molar-refractivity contribution < 1.29 is 19.4 Å². The Hall–Kier alpha value is -2.37. The summed E-state index contributed by atoms with van der Waals surface area (Å²) in [5.41, 5.74) is 1.93. The molecule has 0 unspecified atom stereocenters. The zero-order valence-electron chi connectivity index (χ0n) is 15.0. The molecular formula is C21H25NO4. The molecule has 5 heteroatoms. The normalized spacial score (nSPS) is 19.3. The molecule has 0 aromatic heterocycles. The first-order chi connectivity index (χ1) is 12.7. The standard InChI is InChI=1S/C21H25NO4/c1-2-22(18-14-25-15-19(18)23)21(24)12-17-10-6-7-11-20(17)26-13-16-8-4-3-5-9-16/h3-11,18-19,23H,2,12-15H2,1H3/t18-,19-/m1/s1. The number of hydrogen-bond donors (Lipinski definition) is 1. The number of aliphatic hydroxyl groups is 1. The van der Waals surface area contributed by atoms with E-state index in [1.54, 1.807) is 4.90 Å².